The molecule has 0 spiro atoms. The lowest BCUT2D eigenvalue weighted by atomic mass is 9.85. The Kier molecular flexibility index (Phi) is 5.13. The zero-order valence-corrected chi connectivity index (χ0v) is 11.1. The summed E-state index contributed by atoms with van der Waals surface area (Å²) in [6, 6.07) is 9.51. The quantitative estimate of drug-likeness (QED) is 0.603. The number of carbonyl (C=O) groups excluding carboxylic acids is 2. The van der Waals surface area contributed by atoms with Crippen LogP contribution in [0.2, 0.25) is 0 Å². The zero-order valence-electron chi connectivity index (χ0n) is 11.1. The molecule has 1 aliphatic carbocycles. The van der Waals surface area contributed by atoms with Crippen molar-refractivity contribution in [3.05, 3.63) is 35.9 Å². The van der Waals surface area contributed by atoms with Crippen molar-refractivity contribution in [2.75, 3.05) is 0 Å². The fourth-order valence-corrected chi connectivity index (χ4v) is 2.50. The maximum Gasteiger partial charge on any atom is 0.313 e. The molecule has 1 aromatic rings. The fraction of sp³-hybridized carbons (Fsp3) is 0.500. The van der Waals surface area contributed by atoms with E-state index < -0.39 is 5.97 Å². The number of hydrogen-bond acceptors (Lipinski definition) is 3. The Balaban J connectivity index is 1.73. The predicted octanol–water partition coefficient (Wildman–Crippen LogP) is 3.27. The molecule has 0 N–H and O–H groups in total. The third-order valence-electron chi connectivity index (χ3n) is 3.62. The Morgan fingerprint density at radius 1 is 1.05 bits per heavy atom. The van der Waals surface area contributed by atoms with Crippen LogP contribution in [-0.2, 0) is 20.9 Å². The number of ketones is 1. The number of rotatable bonds is 5. The molecular weight excluding hydrogens is 240 g/mol. The van der Waals surface area contributed by atoms with E-state index in [-0.39, 0.29) is 24.7 Å². The first-order valence-corrected chi connectivity index (χ1v) is 6.98. The first-order chi connectivity index (χ1) is 9.25. The van der Waals surface area contributed by atoms with Crippen LogP contribution in [0.3, 0.4) is 0 Å². The van der Waals surface area contributed by atoms with E-state index >= 15 is 0 Å². The van der Waals surface area contributed by atoms with E-state index in [1.54, 1.807) is 0 Å². The molecule has 0 heterocycles. The fourth-order valence-electron chi connectivity index (χ4n) is 2.50. The number of Topliss-reactive ketones (excluding diaryl/α,β-unsaturated/α-hetero) is 1. The van der Waals surface area contributed by atoms with Gasteiger partial charge in [0.05, 0.1) is 0 Å². The highest BCUT2D eigenvalue weighted by atomic mass is 16.5. The first-order valence-electron chi connectivity index (χ1n) is 6.98. The molecule has 102 valence electrons. The summed E-state index contributed by atoms with van der Waals surface area (Å²) >= 11 is 0. The van der Waals surface area contributed by atoms with Crippen LogP contribution in [0.5, 0.6) is 0 Å². The van der Waals surface area contributed by atoms with E-state index in [1.165, 1.54) is 6.42 Å². The SMILES string of the molecule is O=C(CC(=O)C1CCCCC1)OCc1ccccc1. The molecule has 19 heavy (non-hydrogen) atoms. The van der Waals surface area contributed by atoms with Crippen molar-refractivity contribution < 1.29 is 14.3 Å². The summed E-state index contributed by atoms with van der Waals surface area (Å²) in [5.74, 6) is -0.268. The maximum atomic E-state index is 11.9. The normalized spacial score (nSPS) is 16.0. The summed E-state index contributed by atoms with van der Waals surface area (Å²) < 4.78 is 5.13. The summed E-state index contributed by atoms with van der Waals surface area (Å²) in [6.07, 6.45) is 5.22. The average Bonchev–Trinajstić information content (AvgIpc) is 2.47. The molecule has 0 atom stereocenters. The summed E-state index contributed by atoms with van der Waals surface area (Å²) in [7, 11) is 0. The standard InChI is InChI=1S/C16H20O3/c17-15(14-9-5-2-6-10-14)11-16(18)19-12-13-7-3-1-4-8-13/h1,3-4,7-8,14H,2,5-6,9-12H2. The second kappa shape index (κ2) is 7.07. The van der Waals surface area contributed by atoms with Crippen molar-refractivity contribution in [3.63, 3.8) is 0 Å². The minimum atomic E-state index is -0.403. The third kappa shape index (κ3) is 4.51. The van der Waals surface area contributed by atoms with Crippen molar-refractivity contribution in [1.29, 1.82) is 0 Å². The second-order valence-electron chi connectivity index (χ2n) is 5.12. The molecule has 1 aromatic carbocycles. The molecule has 0 aromatic heterocycles. The Morgan fingerprint density at radius 3 is 2.42 bits per heavy atom. The molecule has 1 fully saturated rings. The predicted molar refractivity (Wildman–Crippen MR) is 72.4 cm³/mol. The van der Waals surface area contributed by atoms with Gasteiger partial charge in [-0.25, -0.2) is 0 Å². The van der Waals surface area contributed by atoms with Gasteiger partial charge >= 0.3 is 5.97 Å². The van der Waals surface area contributed by atoms with E-state index in [0.717, 1.165) is 31.2 Å². The van der Waals surface area contributed by atoms with Crippen molar-refractivity contribution >= 4 is 11.8 Å². The highest BCUT2D eigenvalue weighted by Gasteiger charge is 2.23. The lowest BCUT2D eigenvalue weighted by Crippen LogP contribution is -2.21. The first kappa shape index (κ1) is 13.8. The van der Waals surface area contributed by atoms with E-state index in [9.17, 15) is 9.59 Å². The molecule has 1 saturated carbocycles. The van der Waals surface area contributed by atoms with Crippen molar-refractivity contribution in [1.82, 2.24) is 0 Å². The number of esters is 1. The molecule has 1 aliphatic rings. The van der Waals surface area contributed by atoms with Gasteiger partial charge in [0.15, 0.2) is 0 Å². The van der Waals surface area contributed by atoms with Crippen LogP contribution in [0.25, 0.3) is 0 Å². The largest absolute Gasteiger partial charge is 0.460 e. The Bertz CT molecular complexity index is 419. The average molecular weight is 260 g/mol. The van der Waals surface area contributed by atoms with Gasteiger partial charge in [-0.05, 0) is 18.4 Å². The number of carbonyl (C=O) groups is 2. The van der Waals surface area contributed by atoms with Crippen LogP contribution >= 0.6 is 0 Å². The van der Waals surface area contributed by atoms with Gasteiger partial charge in [-0.3, -0.25) is 9.59 Å². The van der Waals surface area contributed by atoms with Gasteiger partial charge in [0.25, 0.3) is 0 Å². The van der Waals surface area contributed by atoms with Gasteiger partial charge in [0.1, 0.15) is 18.8 Å². The number of hydrogen-bond donors (Lipinski definition) is 0. The highest BCUT2D eigenvalue weighted by molar-refractivity contribution is 5.96. The molecule has 0 saturated heterocycles. The van der Waals surface area contributed by atoms with E-state index in [0.29, 0.717) is 0 Å². The van der Waals surface area contributed by atoms with Gasteiger partial charge in [-0.1, -0.05) is 49.6 Å². The van der Waals surface area contributed by atoms with Crippen molar-refractivity contribution in [2.24, 2.45) is 5.92 Å². The molecule has 3 heteroatoms. The molecule has 0 radical (unpaired) electrons. The lowest BCUT2D eigenvalue weighted by Gasteiger charge is -2.19. The second-order valence-corrected chi connectivity index (χ2v) is 5.12. The number of ether oxygens (including phenoxy) is 1. The van der Waals surface area contributed by atoms with Crippen molar-refractivity contribution in [3.8, 4) is 0 Å². The molecule has 0 bridgehead atoms. The van der Waals surface area contributed by atoms with Gasteiger partial charge in [-0.15, -0.1) is 0 Å². The van der Waals surface area contributed by atoms with Crippen LogP contribution in [0.15, 0.2) is 30.3 Å². The molecular formula is C16H20O3. The lowest BCUT2D eigenvalue weighted by molar-refractivity contribution is -0.148. The Hall–Kier alpha value is -1.64. The van der Waals surface area contributed by atoms with Gasteiger partial charge in [-0.2, -0.15) is 0 Å². The van der Waals surface area contributed by atoms with Crippen LogP contribution < -0.4 is 0 Å². The van der Waals surface area contributed by atoms with Gasteiger partial charge < -0.3 is 4.74 Å². The van der Waals surface area contributed by atoms with Gasteiger partial charge in [0.2, 0.25) is 0 Å². The smallest absolute Gasteiger partial charge is 0.313 e. The highest BCUT2D eigenvalue weighted by Crippen LogP contribution is 2.25. The topological polar surface area (TPSA) is 43.4 Å². The maximum absolute atomic E-state index is 11.9. The number of benzene rings is 1. The van der Waals surface area contributed by atoms with Crippen molar-refractivity contribution in [2.45, 2.75) is 45.1 Å². The van der Waals surface area contributed by atoms with Crippen LogP contribution in [-0.4, -0.2) is 11.8 Å². The third-order valence-corrected chi connectivity index (χ3v) is 3.62. The minimum Gasteiger partial charge on any atom is -0.460 e. The summed E-state index contributed by atoms with van der Waals surface area (Å²) in [6.45, 7) is 0.248. The van der Waals surface area contributed by atoms with E-state index in [1.807, 2.05) is 30.3 Å². The van der Waals surface area contributed by atoms with E-state index in [2.05, 4.69) is 0 Å². The molecule has 0 amide bonds. The molecule has 3 nitrogen and oxygen atoms in total. The van der Waals surface area contributed by atoms with E-state index in [4.69, 9.17) is 4.74 Å². The van der Waals surface area contributed by atoms with Crippen LogP contribution in [0, 0.1) is 5.92 Å². The van der Waals surface area contributed by atoms with Crippen LogP contribution in [0.1, 0.15) is 44.1 Å². The summed E-state index contributed by atoms with van der Waals surface area (Å²) in [5, 5.41) is 0. The molecule has 2 rings (SSSR count). The van der Waals surface area contributed by atoms with Gasteiger partial charge in [0, 0.05) is 5.92 Å². The minimum absolute atomic E-state index is 0.0535. The summed E-state index contributed by atoms with van der Waals surface area (Å²) in [4.78, 5) is 23.5. The van der Waals surface area contributed by atoms with Crippen LogP contribution in [0.4, 0.5) is 0 Å². The zero-order chi connectivity index (χ0) is 13.5. The Labute approximate surface area is 114 Å². The molecule has 0 aliphatic heterocycles. The molecule has 0 unspecified atom stereocenters. The Morgan fingerprint density at radius 2 is 1.74 bits per heavy atom. The summed E-state index contributed by atoms with van der Waals surface area (Å²) in [5.41, 5.74) is 0.945. The monoisotopic (exact) mass is 260 g/mol.